The van der Waals surface area contributed by atoms with E-state index in [1.54, 1.807) is 84.9 Å². The predicted molar refractivity (Wildman–Crippen MR) is 190 cm³/mol. The number of carbonyl (C=O) groups excluding carboxylic acids is 3. The van der Waals surface area contributed by atoms with Gasteiger partial charge in [-0.3, -0.25) is 14.4 Å². The van der Waals surface area contributed by atoms with Crippen LogP contribution in [-0.4, -0.2) is 28.8 Å². The van der Waals surface area contributed by atoms with E-state index in [-0.39, 0.29) is 22.2 Å². The average molecular weight is 697 g/mol. The largest absolute Gasteiger partial charge is 0.478 e. The molecule has 4 N–H and O–H groups in total. The van der Waals surface area contributed by atoms with Gasteiger partial charge in [0, 0.05) is 21.8 Å². The molecule has 0 aliphatic carbocycles. The molecule has 1 atom stereocenters. The van der Waals surface area contributed by atoms with Gasteiger partial charge in [-0.1, -0.05) is 89.9 Å². The fraction of sp³-hybridized carbons (Fsp3) is 0.0270. The van der Waals surface area contributed by atoms with E-state index in [2.05, 4.69) is 16.0 Å². The average Bonchev–Trinajstić information content (AvgIpc) is 3.10. The number of nitrogens with one attached hydrogen (secondary N) is 3. The molecule has 5 aromatic carbocycles. The van der Waals surface area contributed by atoms with Gasteiger partial charge in [-0.25, -0.2) is 4.79 Å². The lowest BCUT2D eigenvalue weighted by molar-refractivity contribution is -0.116. The Labute approximate surface area is 290 Å². The molecular formula is C37H27Cl2N3O5S. The number of benzene rings is 5. The van der Waals surface area contributed by atoms with Crippen LogP contribution in [-0.2, 0) is 9.59 Å². The highest BCUT2D eigenvalue weighted by Crippen LogP contribution is 2.37. The molecule has 0 fully saturated rings. The molecule has 5 rings (SSSR count). The van der Waals surface area contributed by atoms with Crippen LogP contribution in [0.2, 0.25) is 10.0 Å². The quantitative estimate of drug-likeness (QED) is 0.0811. The molecule has 0 spiro atoms. The summed E-state index contributed by atoms with van der Waals surface area (Å²) in [5, 5.41) is 17.5. The summed E-state index contributed by atoms with van der Waals surface area (Å²) in [5.74, 6) is -2.51. The van der Waals surface area contributed by atoms with E-state index in [0.29, 0.717) is 27.5 Å². The van der Waals surface area contributed by atoms with Crippen LogP contribution in [0, 0.1) is 0 Å². The van der Waals surface area contributed by atoms with Gasteiger partial charge in [0.1, 0.15) is 10.9 Å². The summed E-state index contributed by atoms with van der Waals surface area (Å²) in [6, 6.07) is 35.5. The first-order valence-corrected chi connectivity index (χ1v) is 16.1. The highest BCUT2D eigenvalue weighted by atomic mass is 35.5. The molecule has 11 heteroatoms. The molecule has 5 aromatic rings. The van der Waals surface area contributed by atoms with Gasteiger partial charge < -0.3 is 21.1 Å². The van der Waals surface area contributed by atoms with E-state index in [1.807, 2.05) is 30.3 Å². The summed E-state index contributed by atoms with van der Waals surface area (Å²) >= 11 is 13.8. The molecule has 240 valence electrons. The molecule has 48 heavy (non-hydrogen) atoms. The van der Waals surface area contributed by atoms with Crippen molar-refractivity contribution < 1.29 is 24.3 Å². The van der Waals surface area contributed by atoms with Crippen molar-refractivity contribution in [3.63, 3.8) is 0 Å². The Morgan fingerprint density at radius 3 is 2.02 bits per heavy atom. The van der Waals surface area contributed by atoms with Crippen molar-refractivity contribution in [2.45, 2.75) is 10.1 Å². The highest BCUT2D eigenvalue weighted by molar-refractivity contribution is 8.00. The van der Waals surface area contributed by atoms with Gasteiger partial charge >= 0.3 is 5.97 Å². The summed E-state index contributed by atoms with van der Waals surface area (Å²) in [6.45, 7) is 0. The number of rotatable bonds is 11. The Bertz CT molecular complexity index is 1990. The number of carboxylic acids is 1. The number of halogens is 2. The molecule has 3 amide bonds. The summed E-state index contributed by atoms with van der Waals surface area (Å²) in [7, 11) is 0. The third kappa shape index (κ3) is 8.92. The molecule has 0 saturated carbocycles. The Morgan fingerprint density at radius 1 is 0.688 bits per heavy atom. The van der Waals surface area contributed by atoms with Crippen molar-refractivity contribution in [3.8, 4) is 0 Å². The zero-order valence-electron chi connectivity index (χ0n) is 25.0. The number of hydrogen-bond acceptors (Lipinski definition) is 5. The third-order valence-corrected chi connectivity index (χ3v) is 8.99. The second kappa shape index (κ2) is 16.0. The summed E-state index contributed by atoms with van der Waals surface area (Å²) in [6.07, 6.45) is 1.45. The second-order valence-corrected chi connectivity index (χ2v) is 12.2. The monoisotopic (exact) mass is 695 g/mol. The fourth-order valence-electron chi connectivity index (χ4n) is 4.52. The van der Waals surface area contributed by atoms with Crippen molar-refractivity contribution in [2.24, 2.45) is 0 Å². The minimum absolute atomic E-state index is 0.0562. The van der Waals surface area contributed by atoms with E-state index < -0.39 is 23.0 Å². The van der Waals surface area contributed by atoms with Crippen molar-refractivity contribution in [1.29, 1.82) is 0 Å². The normalized spacial score (nSPS) is 11.7. The molecule has 0 aliphatic rings. The Morgan fingerprint density at radius 2 is 1.33 bits per heavy atom. The molecule has 0 bridgehead atoms. The third-order valence-electron chi connectivity index (χ3n) is 6.89. The van der Waals surface area contributed by atoms with E-state index >= 15 is 0 Å². The molecule has 0 aromatic heterocycles. The fourth-order valence-corrected chi connectivity index (χ4v) is 5.91. The molecule has 0 saturated heterocycles. The molecule has 0 heterocycles. The first-order chi connectivity index (χ1) is 23.2. The van der Waals surface area contributed by atoms with Crippen LogP contribution in [0.5, 0.6) is 0 Å². The van der Waals surface area contributed by atoms with Crippen LogP contribution in [0.15, 0.2) is 138 Å². The second-order valence-electron chi connectivity index (χ2n) is 10.3. The highest BCUT2D eigenvalue weighted by Gasteiger charge is 2.23. The molecule has 0 aliphatic heterocycles. The summed E-state index contributed by atoms with van der Waals surface area (Å²) in [5.41, 5.74) is 2.35. The maximum absolute atomic E-state index is 13.5. The van der Waals surface area contributed by atoms with Gasteiger partial charge in [-0.15, -0.1) is 11.8 Å². The molecule has 0 radical (unpaired) electrons. The number of carbonyl (C=O) groups is 4. The lowest BCUT2D eigenvalue weighted by atomic mass is 10.1. The number of amides is 3. The van der Waals surface area contributed by atoms with Gasteiger partial charge in [0.15, 0.2) is 0 Å². The van der Waals surface area contributed by atoms with Gasteiger partial charge in [0.2, 0.25) is 5.91 Å². The maximum Gasteiger partial charge on any atom is 0.335 e. The van der Waals surface area contributed by atoms with E-state index in [4.69, 9.17) is 23.2 Å². The maximum atomic E-state index is 13.5. The minimum Gasteiger partial charge on any atom is -0.478 e. The number of hydrogen-bond donors (Lipinski definition) is 4. The topological polar surface area (TPSA) is 125 Å². The van der Waals surface area contributed by atoms with Gasteiger partial charge in [-0.2, -0.15) is 0 Å². The van der Waals surface area contributed by atoms with Gasteiger partial charge in [0.25, 0.3) is 11.8 Å². The van der Waals surface area contributed by atoms with Crippen LogP contribution in [0.25, 0.3) is 6.08 Å². The Balaban J connectivity index is 1.34. The van der Waals surface area contributed by atoms with Crippen molar-refractivity contribution >= 4 is 76.1 Å². The van der Waals surface area contributed by atoms with Crippen LogP contribution in [0.3, 0.4) is 0 Å². The zero-order valence-corrected chi connectivity index (χ0v) is 27.4. The first-order valence-electron chi connectivity index (χ1n) is 14.5. The molecule has 1 unspecified atom stereocenters. The van der Waals surface area contributed by atoms with Gasteiger partial charge in [-0.05, 0) is 77.9 Å². The zero-order chi connectivity index (χ0) is 34.0. The predicted octanol–water partition coefficient (Wildman–Crippen LogP) is 8.57. The standard InChI is InChI=1S/C37H27Cl2N3O5S/c38-30-16-8-13-25(32(30)39)22-31(42-34(43)24-11-5-2-6-12-24)35(44)40-27-17-19-29(20-18-27)48-33(23-9-3-1-4-10-23)36(45)41-28-15-7-14-26(21-28)37(46)47/h1-22,33H,(H,40,44)(H,41,45)(H,42,43)(H,46,47)/b31-22-. The number of carboxylic acid groups (broad SMARTS) is 1. The number of thioether (sulfide) groups is 1. The summed E-state index contributed by atoms with van der Waals surface area (Å²) < 4.78 is 0. The minimum atomic E-state index is -1.10. The van der Waals surface area contributed by atoms with Crippen molar-refractivity contribution in [3.05, 3.63) is 165 Å². The SMILES string of the molecule is O=C(Nc1ccc(SC(C(=O)Nc2cccc(C(=O)O)c2)c2ccccc2)cc1)/C(=C/c1cccc(Cl)c1Cl)NC(=O)c1ccccc1. The van der Waals surface area contributed by atoms with E-state index in [1.165, 1.54) is 30.0 Å². The number of anilines is 2. The van der Waals surface area contributed by atoms with E-state index in [9.17, 15) is 24.3 Å². The van der Waals surface area contributed by atoms with Crippen LogP contribution in [0.1, 0.15) is 37.1 Å². The lowest BCUT2D eigenvalue weighted by Gasteiger charge is -2.18. The summed E-state index contributed by atoms with van der Waals surface area (Å²) in [4.78, 5) is 52.1. The molecule has 8 nitrogen and oxygen atoms in total. The Kier molecular flexibility index (Phi) is 11.3. The van der Waals surface area contributed by atoms with Crippen LogP contribution in [0.4, 0.5) is 11.4 Å². The Hall–Kier alpha value is -5.35. The van der Waals surface area contributed by atoms with Crippen molar-refractivity contribution in [1.82, 2.24) is 5.32 Å². The van der Waals surface area contributed by atoms with Crippen LogP contribution < -0.4 is 16.0 Å². The number of aromatic carboxylic acids is 1. The van der Waals surface area contributed by atoms with Gasteiger partial charge in [0.05, 0.1) is 15.6 Å². The molecular weight excluding hydrogens is 669 g/mol. The van der Waals surface area contributed by atoms with Crippen molar-refractivity contribution in [2.75, 3.05) is 10.6 Å². The van der Waals surface area contributed by atoms with Crippen LogP contribution >= 0.6 is 35.0 Å². The first kappa shape index (κ1) is 34.0. The smallest absolute Gasteiger partial charge is 0.335 e. The van der Waals surface area contributed by atoms with E-state index in [0.717, 1.165) is 10.5 Å². The lowest BCUT2D eigenvalue weighted by Crippen LogP contribution is -2.30.